The van der Waals surface area contributed by atoms with E-state index in [1.807, 2.05) is 0 Å². The molecule has 3 aromatic rings. The van der Waals surface area contributed by atoms with Crippen molar-refractivity contribution in [3.8, 4) is 0 Å². The fourth-order valence-electron chi connectivity index (χ4n) is 3.44. The van der Waals surface area contributed by atoms with Crippen LogP contribution in [-0.4, -0.2) is 24.7 Å². The number of nitrogens with one attached hydrogen (secondary N) is 2. The van der Waals surface area contributed by atoms with Gasteiger partial charge in [-0.05, 0) is 29.8 Å². The number of para-hydroxylation sites is 1. The number of aromatic nitrogens is 1. The molecule has 0 radical (unpaired) electrons. The molecule has 10 heteroatoms. The van der Waals surface area contributed by atoms with Crippen molar-refractivity contribution in [1.82, 2.24) is 10.3 Å². The summed E-state index contributed by atoms with van der Waals surface area (Å²) in [6.07, 6.45) is -9.89. The van der Waals surface area contributed by atoms with E-state index in [2.05, 4.69) is 15.6 Å². The molecule has 1 aliphatic rings. The SMILES string of the molecule is FC(F)(F)c1cc(Nc2ccc([C@H]3CNCCO3)cc2)c2cccc(C(F)(F)F)c2n1. The zero-order valence-corrected chi connectivity index (χ0v) is 15.9. The number of rotatable bonds is 3. The zero-order valence-electron chi connectivity index (χ0n) is 15.9. The largest absolute Gasteiger partial charge is 0.433 e. The number of hydrogen-bond acceptors (Lipinski definition) is 4. The van der Waals surface area contributed by atoms with Gasteiger partial charge in [0.1, 0.15) is 5.69 Å². The molecular weight excluding hydrogens is 424 g/mol. The van der Waals surface area contributed by atoms with Crippen LogP contribution in [-0.2, 0) is 17.1 Å². The first-order chi connectivity index (χ1) is 14.6. The van der Waals surface area contributed by atoms with Crippen LogP contribution in [0.3, 0.4) is 0 Å². The molecule has 31 heavy (non-hydrogen) atoms. The number of hydrogen-bond donors (Lipinski definition) is 2. The Morgan fingerprint density at radius 3 is 2.32 bits per heavy atom. The van der Waals surface area contributed by atoms with Crippen molar-refractivity contribution < 1.29 is 31.1 Å². The van der Waals surface area contributed by atoms with E-state index in [0.717, 1.165) is 18.2 Å². The number of fused-ring (bicyclic) bond motifs is 1. The first-order valence-corrected chi connectivity index (χ1v) is 9.40. The van der Waals surface area contributed by atoms with Crippen LogP contribution in [0.4, 0.5) is 37.7 Å². The van der Waals surface area contributed by atoms with Gasteiger partial charge in [-0.2, -0.15) is 26.3 Å². The van der Waals surface area contributed by atoms with E-state index in [0.29, 0.717) is 31.0 Å². The average molecular weight is 441 g/mol. The Morgan fingerprint density at radius 2 is 1.71 bits per heavy atom. The summed E-state index contributed by atoms with van der Waals surface area (Å²) in [6, 6.07) is 10.7. The summed E-state index contributed by atoms with van der Waals surface area (Å²) in [6.45, 7) is 1.96. The van der Waals surface area contributed by atoms with Gasteiger partial charge < -0.3 is 15.4 Å². The monoisotopic (exact) mass is 441 g/mol. The average Bonchev–Trinajstić information content (AvgIpc) is 2.73. The summed E-state index contributed by atoms with van der Waals surface area (Å²) < 4.78 is 85.7. The number of nitrogens with zero attached hydrogens (tertiary/aromatic N) is 1. The molecule has 0 unspecified atom stereocenters. The van der Waals surface area contributed by atoms with Crippen LogP contribution in [0.25, 0.3) is 10.9 Å². The predicted molar refractivity (Wildman–Crippen MR) is 103 cm³/mol. The van der Waals surface area contributed by atoms with Crippen molar-refractivity contribution >= 4 is 22.3 Å². The third kappa shape index (κ3) is 4.59. The molecule has 4 nitrogen and oxygen atoms in total. The van der Waals surface area contributed by atoms with Gasteiger partial charge in [-0.25, -0.2) is 4.98 Å². The van der Waals surface area contributed by atoms with Crippen molar-refractivity contribution in [2.45, 2.75) is 18.5 Å². The highest BCUT2D eigenvalue weighted by atomic mass is 19.4. The molecule has 0 amide bonds. The maximum absolute atomic E-state index is 13.4. The van der Waals surface area contributed by atoms with Crippen LogP contribution >= 0.6 is 0 Å². The minimum absolute atomic E-state index is 0.0632. The van der Waals surface area contributed by atoms with E-state index in [-0.39, 0.29) is 17.2 Å². The van der Waals surface area contributed by atoms with Crippen molar-refractivity contribution in [3.05, 3.63) is 65.4 Å². The van der Waals surface area contributed by atoms with Crippen LogP contribution in [0.15, 0.2) is 48.5 Å². The van der Waals surface area contributed by atoms with Crippen molar-refractivity contribution in [2.75, 3.05) is 25.0 Å². The maximum atomic E-state index is 13.4. The van der Waals surface area contributed by atoms with Gasteiger partial charge in [0.2, 0.25) is 0 Å². The minimum atomic E-state index is -4.90. The van der Waals surface area contributed by atoms with Crippen LogP contribution < -0.4 is 10.6 Å². The number of pyridine rings is 1. The van der Waals surface area contributed by atoms with Gasteiger partial charge in [-0.3, -0.25) is 0 Å². The summed E-state index contributed by atoms with van der Waals surface area (Å²) in [5.41, 5.74) is -2.20. The van der Waals surface area contributed by atoms with Gasteiger partial charge in [0, 0.05) is 24.2 Å². The van der Waals surface area contributed by atoms with E-state index < -0.39 is 29.1 Å². The Hall–Kier alpha value is -2.85. The molecule has 0 bridgehead atoms. The van der Waals surface area contributed by atoms with Crippen LogP contribution in [0.2, 0.25) is 0 Å². The normalized spacial score (nSPS) is 17.7. The lowest BCUT2D eigenvalue weighted by atomic mass is 10.1. The van der Waals surface area contributed by atoms with Crippen LogP contribution in [0, 0.1) is 0 Å². The third-order valence-corrected chi connectivity index (χ3v) is 4.92. The van der Waals surface area contributed by atoms with E-state index in [1.54, 1.807) is 24.3 Å². The summed E-state index contributed by atoms with van der Waals surface area (Å²) in [4.78, 5) is 3.28. The molecule has 1 saturated heterocycles. The molecule has 0 saturated carbocycles. The van der Waals surface area contributed by atoms with E-state index in [4.69, 9.17) is 4.74 Å². The topological polar surface area (TPSA) is 46.2 Å². The number of benzene rings is 2. The first kappa shape index (κ1) is 21.4. The molecule has 1 aromatic heterocycles. The fraction of sp³-hybridized carbons (Fsp3) is 0.286. The second-order valence-corrected chi connectivity index (χ2v) is 7.06. The van der Waals surface area contributed by atoms with Gasteiger partial charge in [-0.1, -0.05) is 24.3 Å². The number of halogens is 6. The molecule has 1 fully saturated rings. The second kappa shape index (κ2) is 8.01. The van der Waals surface area contributed by atoms with Crippen LogP contribution in [0.5, 0.6) is 0 Å². The molecule has 0 aliphatic carbocycles. The van der Waals surface area contributed by atoms with Crippen molar-refractivity contribution in [2.24, 2.45) is 0 Å². The molecule has 1 aliphatic heterocycles. The molecule has 2 N–H and O–H groups in total. The van der Waals surface area contributed by atoms with Gasteiger partial charge in [-0.15, -0.1) is 0 Å². The first-order valence-electron chi connectivity index (χ1n) is 9.40. The highest BCUT2D eigenvalue weighted by molar-refractivity contribution is 5.95. The zero-order chi connectivity index (χ0) is 22.2. The minimum Gasteiger partial charge on any atom is -0.371 e. The number of anilines is 2. The molecule has 0 spiro atoms. The quantitative estimate of drug-likeness (QED) is 0.514. The lowest BCUT2D eigenvalue weighted by Gasteiger charge is -2.24. The van der Waals surface area contributed by atoms with E-state index in [1.165, 1.54) is 6.07 Å². The van der Waals surface area contributed by atoms with Crippen molar-refractivity contribution in [1.29, 1.82) is 0 Å². The van der Waals surface area contributed by atoms with Gasteiger partial charge >= 0.3 is 12.4 Å². The number of morpholine rings is 1. The van der Waals surface area contributed by atoms with Crippen molar-refractivity contribution in [3.63, 3.8) is 0 Å². The Kier molecular flexibility index (Phi) is 5.52. The van der Waals surface area contributed by atoms with Gasteiger partial charge in [0.25, 0.3) is 0 Å². The molecule has 2 aromatic carbocycles. The fourth-order valence-corrected chi connectivity index (χ4v) is 3.44. The molecule has 4 rings (SSSR count). The molecule has 164 valence electrons. The lowest BCUT2D eigenvalue weighted by molar-refractivity contribution is -0.142. The third-order valence-electron chi connectivity index (χ3n) is 4.92. The molecular formula is C21H17F6N3O. The smallest absolute Gasteiger partial charge is 0.371 e. The summed E-state index contributed by atoms with van der Waals surface area (Å²) >= 11 is 0. The van der Waals surface area contributed by atoms with Crippen LogP contribution in [0.1, 0.15) is 22.9 Å². The highest BCUT2D eigenvalue weighted by Gasteiger charge is 2.37. The Morgan fingerprint density at radius 1 is 0.968 bits per heavy atom. The highest BCUT2D eigenvalue weighted by Crippen LogP contribution is 2.39. The maximum Gasteiger partial charge on any atom is 0.433 e. The Balaban J connectivity index is 1.74. The molecule has 1 atom stereocenters. The van der Waals surface area contributed by atoms with E-state index >= 15 is 0 Å². The lowest BCUT2D eigenvalue weighted by Crippen LogP contribution is -2.33. The van der Waals surface area contributed by atoms with Gasteiger partial charge in [0.05, 0.1) is 29.5 Å². The summed E-state index contributed by atoms with van der Waals surface area (Å²) in [5, 5.41) is 5.94. The predicted octanol–water partition coefficient (Wildman–Crippen LogP) is 5.68. The van der Waals surface area contributed by atoms with Gasteiger partial charge in [0.15, 0.2) is 0 Å². The number of ether oxygens (including phenoxy) is 1. The summed E-state index contributed by atoms with van der Waals surface area (Å²) in [5.74, 6) is 0. The number of alkyl halides is 6. The Labute approximate surface area is 173 Å². The molecule has 2 heterocycles. The summed E-state index contributed by atoms with van der Waals surface area (Å²) in [7, 11) is 0. The van der Waals surface area contributed by atoms with E-state index in [9.17, 15) is 26.3 Å². The second-order valence-electron chi connectivity index (χ2n) is 7.06. The standard InChI is InChI=1S/C21H17F6N3O/c22-20(23,24)15-3-1-2-14-16(10-18(21(25,26)27)30-19(14)15)29-13-6-4-12(5-7-13)17-11-28-8-9-31-17/h1-7,10,17,28H,8-9,11H2,(H,29,30)/t17-/m1/s1. The Bertz CT molecular complexity index is 1070.